The molecule has 0 N–H and O–H groups in total. The van der Waals surface area contributed by atoms with E-state index in [9.17, 15) is 0 Å². The van der Waals surface area contributed by atoms with Crippen molar-refractivity contribution in [3.8, 4) is 0 Å². The molecule has 0 fully saturated rings. The summed E-state index contributed by atoms with van der Waals surface area (Å²) in [6.07, 6.45) is 1.72. The topological polar surface area (TPSA) is 16.4 Å². The molecule has 96 valence electrons. The Morgan fingerprint density at radius 1 is 1.17 bits per heavy atom. The summed E-state index contributed by atoms with van der Waals surface area (Å²) in [4.78, 5) is 2.29. The molecule has 0 aliphatic heterocycles. The first-order valence-electron chi connectivity index (χ1n) is 6.11. The van der Waals surface area contributed by atoms with Crippen LogP contribution in [0.4, 0.5) is 0 Å². The van der Waals surface area contributed by atoms with Crippen LogP contribution in [0.25, 0.3) is 0 Å². The van der Waals surface area contributed by atoms with Gasteiger partial charge in [-0.1, -0.05) is 46.3 Å². The lowest BCUT2D eigenvalue weighted by Gasteiger charge is -2.22. The van der Waals surface area contributed by atoms with Gasteiger partial charge < -0.3 is 4.42 Å². The number of likely N-dealkylation sites (N-methyl/N-ethyl adjacent to an activating group) is 1. The standard InChI is InChI=1S/C15H18BrNO/c1-17(12-15-8-5-9-18-15)11-14(10-16)13-6-3-2-4-7-13/h2-9,14H,10-12H2,1H3. The number of hydrogen-bond donors (Lipinski definition) is 0. The van der Waals surface area contributed by atoms with Gasteiger partial charge in [0, 0.05) is 17.8 Å². The zero-order valence-electron chi connectivity index (χ0n) is 10.6. The van der Waals surface area contributed by atoms with E-state index in [1.54, 1.807) is 6.26 Å². The van der Waals surface area contributed by atoms with E-state index in [4.69, 9.17) is 4.42 Å². The highest BCUT2D eigenvalue weighted by atomic mass is 79.9. The van der Waals surface area contributed by atoms with Crippen LogP contribution >= 0.6 is 15.9 Å². The Kier molecular flexibility index (Phi) is 5.02. The molecule has 3 heteroatoms. The van der Waals surface area contributed by atoms with Crippen molar-refractivity contribution in [2.45, 2.75) is 12.5 Å². The Labute approximate surface area is 117 Å². The number of furan rings is 1. The normalized spacial score (nSPS) is 12.8. The van der Waals surface area contributed by atoms with Crippen LogP contribution < -0.4 is 0 Å². The number of alkyl halides is 1. The maximum Gasteiger partial charge on any atom is 0.117 e. The zero-order valence-corrected chi connectivity index (χ0v) is 12.1. The maximum absolute atomic E-state index is 5.37. The van der Waals surface area contributed by atoms with E-state index in [0.29, 0.717) is 5.92 Å². The highest BCUT2D eigenvalue weighted by Crippen LogP contribution is 2.19. The summed E-state index contributed by atoms with van der Waals surface area (Å²) in [6.45, 7) is 1.86. The quantitative estimate of drug-likeness (QED) is 0.753. The lowest BCUT2D eigenvalue weighted by molar-refractivity contribution is 0.283. The minimum absolute atomic E-state index is 0.506. The largest absolute Gasteiger partial charge is 0.468 e. The smallest absolute Gasteiger partial charge is 0.117 e. The molecule has 1 unspecified atom stereocenters. The SMILES string of the molecule is CN(Cc1ccco1)CC(CBr)c1ccccc1. The monoisotopic (exact) mass is 307 g/mol. The zero-order chi connectivity index (χ0) is 12.8. The fourth-order valence-electron chi connectivity index (χ4n) is 2.08. The highest BCUT2D eigenvalue weighted by Gasteiger charge is 2.13. The van der Waals surface area contributed by atoms with Crippen LogP contribution in [0, 0.1) is 0 Å². The Morgan fingerprint density at radius 2 is 1.94 bits per heavy atom. The molecule has 2 nitrogen and oxygen atoms in total. The van der Waals surface area contributed by atoms with Crippen LogP contribution in [-0.4, -0.2) is 23.8 Å². The van der Waals surface area contributed by atoms with Crippen LogP contribution in [0.5, 0.6) is 0 Å². The number of benzene rings is 1. The summed E-state index contributed by atoms with van der Waals surface area (Å²) in [5, 5.41) is 0.972. The van der Waals surface area contributed by atoms with E-state index < -0.39 is 0 Å². The van der Waals surface area contributed by atoms with Gasteiger partial charge in [-0.05, 0) is 24.7 Å². The molecular formula is C15H18BrNO. The first-order chi connectivity index (χ1) is 8.79. The lowest BCUT2D eigenvalue weighted by atomic mass is 10.0. The second-order valence-electron chi connectivity index (χ2n) is 4.54. The van der Waals surface area contributed by atoms with E-state index in [1.807, 2.05) is 12.1 Å². The van der Waals surface area contributed by atoms with Crippen LogP contribution in [0.15, 0.2) is 53.1 Å². The summed E-state index contributed by atoms with van der Waals surface area (Å²) in [5.74, 6) is 1.52. The first-order valence-corrected chi connectivity index (χ1v) is 7.23. The van der Waals surface area contributed by atoms with Crippen LogP contribution in [0.2, 0.25) is 0 Å². The molecule has 1 heterocycles. The molecule has 2 rings (SSSR count). The molecule has 0 radical (unpaired) electrons. The average molecular weight is 308 g/mol. The van der Waals surface area contributed by atoms with Crippen molar-refractivity contribution < 1.29 is 4.42 Å². The lowest BCUT2D eigenvalue weighted by Crippen LogP contribution is -2.24. The average Bonchev–Trinajstić information content (AvgIpc) is 2.90. The van der Waals surface area contributed by atoms with Gasteiger partial charge in [0.2, 0.25) is 0 Å². The van der Waals surface area contributed by atoms with E-state index in [0.717, 1.165) is 24.2 Å². The van der Waals surface area contributed by atoms with Crippen molar-refractivity contribution in [3.05, 3.63) is 60.1 Å². The van der Waals surface area contributed by atoms with Gasteiger partial charge in [-0.25, -0.2) is 0 Å². The van der Waals surface area contributed by atoms with Crippen molar-refractivity contribution >= 4 is 15.9 Å². The number of hydrogen-bond acceptors (Lipinski definition) is 2. The molecule has 0 aliphatic rings. The third-order valence-electron chi connectivity index (χ3n) is 3.00. The van der Waals surface area contributed by atoms with Gasteiger partial charge in [-0.3, -0.25) is 4.90 Å². The van der Waals surface area contributed by atoms with Crippen molar-refractivity contribution in [3.63, 3.8) is 0 Å². The number of rotatable bonds is 6. The van der Waals surface area contributed by atoms with Gasteiger partial charge in [-0.15, -0.1) is 0 Å². The van der Waals surface area contributed by atoms with Gasteiger partial charge in [0.15, 0.2) is 0 Å². The Hall–Kier alpha value is -1.06. The molecule has 0 saturated carbocycles. The predicted molar refractivity (Wildman–Crippen MR) is 78.0 cm³/mol. The Morgan fingerprint density at radius 3 is 2.56 bits per heavy atom. The predicted octanol–water partition coefficient (Wildman–Crippen LogP) is 3.89. The second-order valence-corrected chi connectivity index (χ2v) is 5.19. The fourth-order valence-corrected chi connectivity index (χ4v) is 2.66. The van der Waals surface area contributed by atoms with Crippen LogP contribution in [0.3, 0.4) is 0 Å². The molecule has 1 atom stereocenters. The van der Waals surface area contributed by atoms with Gasteiger partial charge in [0.25, 0.3) is 0 Å². The molecule has 18 heavy (non-hydrogen) atoms. The molecule has 0 aliphatic carbocycles. The molecule has 0 spiro atoms. The molecule has 1 aromatic carbocycles. The summed E-state index contributed by atoms with van der Waals surface area (Å²) >= 11 is 3.61. The maximum atomic E-state index is 5.37. The number of halogens is 1. The van der Waals surface area contributed by atoms with Gasteiger partial charge >= 0.3 is 0 Å². The van der Waals surface area contributed by atoms with Gasteiger partial charge in [-0.2, -0.15) is 0 Å². The number of nitrogens with zero attached hydrogens (tertiary/aromatic N) is 1. The van der Waals surface area contributed by atoms with Gasteiger partial charge in [0.1, 0.15) is 5.76 Å². The third kappa shape index (κ3) is 3.72. The Bertz CT molecular complexity index is 441. The van der Waals surface area contributed by atoms with Crippen molar-refractivity contribution in [1.29, 1.82) is 0 Å². The second kappa shape index (κ2) is 6.76. The minimum atomic E-state index is 0.506. The van der Waals surface area contributed by atoms with Crippen molar-refractivity contribution in [1.82, 2.24) is 4.90 Å². The first kappa shape index (κ1) is 13.4. The molecule has 1 aromatic heterocycles. The molecule has 2 aromatic rings. The fraction of sp³-hybridized carbons (Fsp3) is 0.333. The van der Waals surface area contributed by atoms with E-state index >= 15 is 0 Å². The summed E-state index contributed by atoms with van der Waals surface area (Å²) < 4.78 is 5.37. The minimum Gasteiger partial charge on any atom is -0.468 e. The third-order valence-corrected chi connectivity index (χ3v) is 3.78. The van der Waals surface area contributed by atoms with Gasteiger partial charge in [0.05, 0.1) is 12.8 Å². The summed E-state index contributed by atoms with van der Waals surface area (Å²) in [7, 11) is 2.13. The molecule has 0 saturated heterocycles. The van der Waals surface area contributed by atoms with E-state index in [1.165, 1.54) is 5.56 Å². The highest BCUT2D eigenvalue weighted by molar-refractivity contribution is 9.09. The summed E-state index contributed by atoms with van der Waals surface area (Å²) in [6, 6.07) is 14.6. The molecule has 0 bridgehead atoms. The summed E-state index contributed by atoms with van der Waals surface area (Å²) in [5.41, 5.74) is 1.38. The van der Waals surface area contributed by atoms with Crippen LogP contribution in [-0.2, 0) is 6.54 Å². The molecular weight excluding hydrogens is 290 g/mol. The Balaban J connectivity index is 1.94. The van der Waals surface area contributed by atoms with Crippen molar-refractivity contribution in [2.24, 2.45) is 0 Å². The van der Waals surface area contributed by atoms with Crippen molar-refractivity contribution in [2.75, 3.05) is 18.9 Å². The van der Waals surface area contributed by atoms with E-state index in [-0.39, 0.29) is 0 Å². The van der Waals surface area contributed by atoms with Crippen LogP contribution in [0.1, 0.15) is 17.2 Å². The molecule has 0 amide bonds. The van der Waals surface area contributed by atoms with E-state index in [2.05, 4.69) is 58.2 Å².